The van der Waals surface area contributed by atoms with Gasteiger partial charge >= 0.3 is 0 Å². The number of hydrogen-bond donors (Lipinski definition) is 0. The SMILES string of the molecule is O=C(c1ccc(F)cc1)N1C[C@H]2COC[C@@H]2C1. The topological polar surface area (TPSA) is 29.5 Å². The highest BCUT2D eigenvalue weighted by Crippen LogP contribution is 2.29. The number of carbonyl (C=O) groups excluding carboxylic acids is 1. The van der Waals surface area contributed by atoms with Gasteiger partial charge in [0.25, 0.3) is 5.91 Å². The number of hydrogen-bond acceptors (Lipinski definition) is 2. The van der Waals surface area contributed by atoms with Crippen LogP contribution in [0.15, 0.2) is 24.3 Å². The van der Waals surface area contributed by atoms with Crippen molar-refractivity contribution in [2.75, 3.05) is 26.3 Å². The van der Waals surface area contributed by atoms with Crippen molar-refractivity contribution in [3.63, 3.8) is 0 Å². The maximum Gasteiger partial charge on any atom is 0.253 e. The summed E-state index contributed by atoms with van der Waals surface area (Å²) in [5.41, 5.74) is 0.562. The molecule has 1 amide bonds. The van der Waals surface area contributed by atoms with E-state index in [2.05, 4.69) is 0 Å². The van der Waals surface area contributed by atoms with E-state index in [-0.39, 0.29) is 11.7 Å². The zero-order chi connectivity index (χ0) is 11.8. The van der Waals surface area contributed by atoms with E-state index in [4.69, 9.17) is 4.74 Å². The number of halogens is 1. The Morgan fingerprint density at radius 1 is 1.18 bits per heavy atom. The van der Waals surface area contributed by atoms with Crippen LogP contribution in [-0.4, -0.2) is 37.1 Å². The molecule has 0 unspecified atom stereocenters. The van der Waals surface area contributed by atoms with E-state index >= 15 is 0 Å². The number of rotatable bonds is 1. The molecule has 2 heterocycles. The third-order valence-electron chi connectivity index (χ3n) is 3.62. The second-order valence-corrected chi connectivity index (χ2v) is 4.77. The van der Waals surface area contributed by atoms with E-state index in [1.807, 2.05) is 4.90 Å². The van der Waals surface area contributed by atoms with E-state index in [9.17, 15) is 9.18 Å². The molecule has 0 aromatic heterocycles. The molecule has 3 nitrogen and oxygen atoms in total. The summed E-state index contributed by atoms with van der Waals surface area (Å²) < 4.78 is 18.1. The van der Waals surface area contributed by atoms with E-state index in [0.717, 1.165) is 26.3 Å². The molecule has 1 aromatic rings. The fraction of sp³-hybridized carbons (Fsp3) is 0.462. The van der Waals surface area contributed by atoms with Crippen LogP contribution in [0, 0.1) is 17.7 Å². The largest absolute Gasteiger partial charge is 0.381 e. The van der Waals surface area contributed by atoms with Crippen LogP contribution in [0.3, 0.4) is 0 Å². The lowest BCUT2D eigenvalue weighted by atomic mass is 10.0. The minimum Gasteiger partial charge on any atom is -0.381 e. The number of carbonyl (C=O) groups is 1. The van der Waals surface area contributed by atoms with E-state index < -0.39 is 0 Å². The van der Waals surface area contributed by atoms with Crippen LogP contribution in [0.4, 0.5) is 4.39 Å². The van der Waals surface area contributed by atoms with E-state index in [1.165, 1.54) is 12.1 Å². The van der Waals surface area contributed by atoms with Crippen molar-refractivity contribution in [3.05, 3.63) is 35.6 Å². The maximum atomic E-state index is 12.8. The van der Waals surface area contributed by atoms with Gasteiger partial charge in [-0.3, -0.25) is 4.79 Å². The van der Waals surface area contributed by atoms with Crippen LogP contribution in [0.2, 0.25) is 0 Å². The minimum atomic E-state index is -0.312. The summed E-state index contributed by atoms with van der Waals surface area (Å²) in [5.74, 6) is 0.659. The normalized spacial score (nSPS) is 27.2. The monoisotopic (exact) mass is 235 g/mol. The molecule has 2 saturated heterocycles. The summed E-state index contributed by atoms with van der Waals surface area (Å²) in [5, 5.41) is 0. The van der Waals surface area contributed by atoms with Crippen molar-refractivity contribution < 1.29 is 13.9 Å². The summed E-state index contributed by atoms with van der Waals surface area (Å²) in [4.78, 5) is 14.0. The van der Waals surface area contributed by atoms with Gasteiger partial charge < -0.3 is 9.64 Å². The Balaban J connectivity index is 1.73. The van der Waals surface area contributed by atoms with Crippen molar-refractivity contribution in [3.8, 4) is 0 Å². The molecular formula is C13H14FNO2. The molecule has 1 aromatic carbocycles. The maximum absolute atomic E-state index is 12.8. The first-order chi connectivity index (χ1) is 8.24. The number of fused-ring (bicyclic) bond motifs is 1. The molecule has 90 valence electrons. The lowest BCUT2D eigenvalue weighted by molar-refractivity contribution is 0.0751. The molecule has 2 aliphatic rings. The molecule has 17 heavy (non-hydrogen) atoms. The molecule has 4 heteroatoms. The van der Waals surface area contributed by atoms with Crippen molar-refractivity contribution in [1.29, 1.82) is 0 Å². The van der Waals surface area contributed by atoms with Gasteiger partial charge in [-0.15, -0.1) is 0 Å². The Labute approximate surface area is 99.2 Å². The van der Waals surface area contributed by atoms with Crippen LogP contribution in [0.1, 0.15) is 10.4 Å². The second-order valence-electron chi connectivity index (χ2n) is 4.77. The average Bonchev–Trinajstić information content (AvgIpc) is 2.89. The molecule has 0 radical (unpaired) electrons. The third-order valence-corrected chi connectivity index (χ3v) is 3.62. The van der Waals surface area contributed by atoms with Crippen molar-refractivity contribution in [1.82, 2.24) is 4.90 Å². The van der Waals surface area contributed by atoms with Gasteiger partial charge in [0.15, 0.2) is 0 Å². The molecular weight excluding hydrogens is 221 g/mol. The number of benzene rings is 1. The zero-order valence-corrected chi connectivity index (χ0v) is 9.43. The molecule has 2 atom stereocenters. The summed E-state index contributed by atoms with van der Waals surface area (Å²) in [6.07, 6.45) is 0. The fourth-order valence-corrected chi connectivity index (χ4v) is 2.63. The lowest BCUT2D eigenvalue weighted by Gasteiger charge is -2.17. The van der Waals surface area contributed by atoms with Gasteiger partial charge in [-0.05, 0) is 24.3 Å². The van der Waals surface area contributed by atoms with Gasteiger partial charge in [0.1, 0.15) is 5.82 Å². The molecule has 0 spiro atoms. The first-order valence-corrected chi connectivity index (χ1v) is 5.86. The third kappa shape index (κ3) is 1.93. The Morgan fingerprint density at radius 3 is 2.35 bits per heavy atom. The zero-order valence-electron chi connectivity index (χ0n) is 9.43. The van der Waals surface area contributed by atoms with Crippen LogP contribution < -0.4 is 0 Å². The summed E-state index contributed by atoms with van der Waals surface area (Å²) >= 11 is 0. The standard InChI is InChI=1S/C13H14FNO2/c14-12-3-1-9(2-4-12)13(16)15-5-10-7-17-8-11(10)6-15/h1-4,10-11H,5-8H2/t10-,11-/m0/s1. The highest BCUT2D eigenvalue weighted by molar-refractivity contribution is 5.94. The van der Waals surface area contributed by atoms with Gasteiger partial charge in [-0.1, -0.05) is 0 Å². The molecule has 3 rings (SSSR count). The Hall–Kier alpha value is -1.42. The lowest BCUT2D eigenvalue weighted by Crippen LogP contribution is -2.30. The fourth-order valence-electron chi connectivity index (χ4n) is 2.63. The molecule has 2 aliphatic heterocycles. The Bertz CT molecular complexity index is 420. The Kier molecular flexibility index (Phi) is 2.59. The highest BCUT2D eigenvalue weighted by Gasteiger charge is 2.39. The highest BCUT2D eigenvalue weighted by atomic mass is 19.1. The number of amides is 1. The first kappa shape index (κ1) is 10.7. The van der Waals surface area contributed by atoms with Gasteiger partial charge in [-0.2, -0.15) is 0 Å². The molecule has 0 saturated carbocycles. The van der Waals surface area contributed by atoms with Crippen LogP contribution >= 0.6 is 0 Å². The Morgan fingerprint density at radius 2 is 1.76 bits per heavy atom. The van der Waals surface area contributed by atoms with Crippen molar-refractivity contribution in [2.24, 2.45) is 11.8 Å². The van der Waals surface area contributed by atoms with Gasteiger partial charge in [0.2, 0.25) is 0 Å². The van der Waals surface area contributed by atoms with Crippen LogP contribution in [0.25, 0.3) is 0 Å². The van der Waals surface area contributed by atoms with Crippen molar-refractivity contribution >= 4 is 5.91 Å². The molecule has 0 N–H and O–H groups in total. The minimum absolute atomic E-state index is 0.000556. The molecule has 2 fully saturated rings. The quantitative estimate of drug-likeness (QED) is 0.739. The first-order valence-electron chi connectivity index (χ1n) is 5.86. The van der Waals surface area contributed by atoms with Crippen LogP contribution in [0.5, 0.6) is 0 Å². The summed E-state index contributed by atoms with van der Waals surface area (Å²) in [7, 11) is 0. The molecule has 0 bridgehead atoms. The predicted octanol–water partition coefficient (Wildman–Crippen LogP) is 1.54. The number of likely N-dealkylation sites (tertiary alicyclic amines) is 1. The van der Waals surface area contributed by atoms with Crippen molar-refractivity contribution in [2.45, 2.75) is 0 Å². The van der Waals surface area contributed by atoms with Gasteiger partial charge in [0.05, 0.1) is 13.2 Å². The van der Waals surface area contributed by atoms with E-state index in [1.54, 1.807) is 12.1 Å². The van der Waals surface area contributed by atoms with Gasteiger partial charge in [0, 0.05) is 30.5 Å². The summed E-state index contributed by atoms with van der Waals surface area (Å²) in [6, 6.07) is 5.74. The number of nitrogens with zero attached hydrogens (tertiary/aromatic N) is 1. The van der Waals surface area contributed by atoms with Gasteiger partial charge in [-0.25, -0.2) is 4.39 Å². The predicted molar refractivity (Wildman–Crippen MR) is 60.1 cm³/mol. The second kappa shape index (κ2) is 4.11. The number of ether oxygens (including phenoxy) is 1. The van der Waals surface area contributed by atoms with Crippen LogP contribution in [-0.2, 0) is 4.74 Å². The molecule has 0 aliphatic carbocycles. The van der Waals surface area contributed by atoms with E-state index in [0.29, 0.717) is 17.4 Å². The smallest absolute Gasteiger partial charge is 0.253 e. The average molecular weight is 235 g/mol. The summed E-state index contributed by atoms with van der Waals surface area (Å²) in [6.45, 7) is 3.05.